The van der Waals surface area contributed by atoms with Crippen molar-refractivity contribution in [2.75, 3.05) is 0 Å². The molecular weight excluding hydrogens is 296 g/mol. The molecule has 0 aliphatic rings. The fourth-order valence-corrected chi connectivity index (χ4v) is 2.02. The average molecular weight is 307 g/mol. The maximum absolute atomic E-state index is 12.0. The number of rotatable bonds is 1. The molecule has 0 spiro atoms. The number of hydrogen-bond donors (Lipinski definition) is 3. The molecule has 1 aromatic heterocycles. The van der Waals surface area contributed by atoms with Gasteiger partial charge in [-0.25, -0.2) is 0 Å². The van der Waals surface area contributed by atoms with Gasteiger partial charge in [0.2, 0.25) is 5.75 Å². The second kappa shape index (κ2) is 5.38. The summed E-state index contributed by atoms with van der Waals surface area (Å²) in [6.07, 6.45) is 0. The predicted octanol–water partition coefficient (Wildman–Crippen LogP) is 3.00. The molecular formula is C15H11ClO5. The molecule has 21 heavy (non-hydrogen) atoms. The van der Waals surface area contributed by atoms with Crippen LogP contribution in [0.1, 0.15) is 0 Å². The minimum atomic E-state index is -0.739. The van der Waals surface area contributed by atoms with Gasteiger partial charge in [-0.3, -0.25) is 4.79 Å². The van der Waals surface area contributed by atoms with Crippen molar-refractivity contribution in [3.63, 3.8) is 0 Å². The molecule has 3 aromatic rings. The molecule has 0 aliphatic heterocycles. The van der Waals surface area contributed by atoms with Gasteiger partial charge in [0.15, 0.2) is 16.9 Å². The summed E-state index contributed by atoms with van der Waals surface area (Å²) >= 11 is 0. The zero-order valence-electron chi connectivity index (χ0n) is 10.6. The smallest absolute Gasteiger partial charge is 0.201 e. The molecule has 0 unspecified atom stereocenters. The molecule has 5 nitrogen and oxygen atoms in total. The summed E-state index contributed by atoms with van der Waals surface area (Å²) in [5, 5.41) is 28.5. The molecule has 0 radical (unpaired) electrons. The van der Waals surface area contributed by atoms with E-state index < -0.39 is 22.7 Å². The molecule has 3 rings (SSSR count). The fraction of sp³-hybridized carbons (Fsp3) is 0. The molecule has 0 aliphatic carbocycles. The fourth-order valence-electron chi connectivity index (χ4n) is 2.02. The number of halogens is 1. The summed E-state index contributed by atoms with van der Waals surface area (Å²) in [6.45, 7) is 0. The topological polar surface area (TPSA) is 90.9 Å². The first kappa shape index (κ1) is 14.7. The predicted molar refractivity (Wildman–Crippen MR) is 80.2 cm³/mol. The first-order valence-corrected chi connectivity index (χ1v) is 5.85. The Hall–Kier alpha value is -2.66. The Morgan fingerprint density at radius 3 is 2.24 bits per heavy atom. The van der Waals surface area contributed by atoms with E-state index in [1.807, 2.05) is 6.07 Å². The zero-order valence-corrected chi connectivity index (χ0v) is 11.4. The lowest BCUT2D eigenvalue weighted by atomic mass is 10.1. The highest BCUT2D eigenvalue weighted by Gasteiger charge is 2.17. The summed E-state index contributed by atoms with van der Waals surface area (Å²) < 4.78 is 5.51. The molecule has 0 saturated heterocycles. The van der Waals surface area contributed by atoms with Crippen LogP contribution in [0.2, 0.25) is 0 Å². The van der Waals surface area contributed by atoms with Crippen molar-refractivity contribution in [2.45, 2.75) is 0 Å². The summed E-state index contributed by atoms with van der Waals surface area (Å²) in [6, 6.07) is 11.3. The van der Waals surface area contributed by atoms with E-state index >= 15 is 0 Å². The van der Waals surface area contributed by atoms with Gasteiger partial charge in [-0.2, -0.15) is 0 Å². The Morgan fingerprint density at radius 2 is 1.57 bits per heavy atom. The number of phenols is 3. The van der Waals surface area contributed by atoms with E-state index in [4.69, 9.17) is 4.42 Å². The van der Waals surface area contributed by atoms with Crippen LogP contribution in [0.4, 0.5) is 0 Å². The van der Waals surface area contributed by atoms with Crippen LogP contribution in [0, 0.1) is 0 Å². The highest BCUT2D eigenvalue weighted by atomic mass is 35.5. The number of fused-ring (bicyclic) bond motifs is 1. The first-order valence-electron chi connectivity index (χ1n) is 5.85. The molecule has 2 aromatic carbocycles. The van der Waals surface area contributed by atoms with E-state index in [0.717, 1.165) is 6.07 Å². The van der Waals surface area contributed by atoms with E-state index in [2.05, 4.69) is 0 Å². The standard InChI is InChI=1S/C15H10O5.ClH/c16-9-6-11(8-4-2-1-3-5-8)20-12-7-10(17)14(18)15(19)13(9)12;/h1-7,17-19H;1H. The van der Waals surface area contributed by atoms with Crippen molar-refractivity contribution in [3.8, 4) is 28.6 Å². The third-order valence-corrected chi connectivity index (χ3v) is 3.00. The number of benzene rings is 2. The van der Waals surface area contributed by atoms with Crippen molar-refractivity contribution < 1.29 is 19.7 Å². The van der Waals surface area contributed by atoms with Crippen molar-refractivity contribution in [2.24, 2.45) is 0 Å². The normalized spacial score (nSPS) is 10.3. The molecule has 0 bridgehead atoms. The van der Waals surface area contributed by atoms with Crippen LogP contribution in [0.3, 0.4) is 0 Å². The molecule has 0 saturated carbocycles. The van der Waals surface area contributed by atoms with Gasteiger partial charge >= 0.3 is 0 Å². The Morgan fingerprint density at radius 1 is 0.905 bits per heavy atom. The maximum atomic E-state index is 12.0. The quantitative estimate of drug-likeness (QED) is 0.601. The minimum absolute atomic E-state index is 0. The van der Waals surface area contributed by atoms with E-state index in [9.17, 15) is 20.1 Å². The highest BCUT2D eigenvalue weighted by Crippen LogP contribution is 2.40. The Labute approximate surface area is 125 Å². The van der Waals surface area contributed by atoms with Crippen molar-refractivity contribution in [1.29, 1.82) is 0 Å². The zero-order chi connectivity index (χ0) is 14.3. The summed E-state index contributed by atoms with van der Waals surface area (Å²) in [4.78, 5) is 12.0. The Bertz CT molecular complexity index is 855. The van der Waals surface area contributed by atoms with E-state index in [1.165, 1.54) is 6.07 Å². The van der Waals surface area contributed by atoms with E-state index in [0.29, 0.717) is 11.3 Å². The third-order valence-electron chi connectivity index (χ3n) is 3.00. The second-order valence-electron chi connectivity index (χ2n) is 4.31. The summed E-state index contributed by atoms with van der Waals surface area (Å²) in [7, 11) is 0. The SMILES string of the molecule is Cl.O=c1cc(-c2ccccc2)oc2cc(O)c(O)c(O)c12. The van der Waals surface area contributed by atoms with Gasteiger partial charge in [0.25, 0.3) is 0 Å². The second-order valence-corrected chi connectivity index (χ2v) is 4.31. The summed E-state index contributed by atoms with van der Waals surface area (Å²) in [5.41, 5.74) is 0.195. The largest absolute Gasteiger partial charge is 0.504 e. The van der Waals surface area contributed by atoms with Gasteiger partial charge in [0.05, 0.1) is 0 Å². The van der Waals surface area contributed by atoms with Crippen LogP contribution >= 0.6 is 12.4 Å². The maximum Gasteiger partial charge on any atom is 0.201 e. The van der Waals surface area contributed by atoms with E-state index in [1.54, 1.807) is 24.3 Å². The Kier molecular flexibility index (Phi) is 3.78. The first-order chi connectivity index (χ1) is 9.58. The third kappa shape index (κ3) is 2.39. The van der Waals surface area contributed by atoms with Gasteiger partial charge in [-0.05, 0) is 0 Å². The molecule has 108 valence electrons. The highest BCUT2D eigenvalue weighted by molar-refractivity contribution is 5.89. The number of hydrogen-bond acceptors (Lipinski definition) is 5. The van der Waals surface area contributed by atoms with Crippen LogP contribution in [0.25, 0.3) is 22.3 Å². The van der Waals surface area contributed by atoms with Crippen LogP contribution in [0.15, 0.2) is 51.7 Å². The molecule has 0 atom stereocenters. The summed E-state index contributed by atoms with van der Waals surface area (Å²) in [5.74, 6) is -1.67. The van der Waals surface area contributed by atoms with Crippen LogP contribution in [-0.2, 0) is 0 Å². The Balaban J connectivity index is 0.00000161. The van der Waals surface area contributed by atoms with Gasteiger partial charge in [0.1, 0.15) is 16.7 Å². The molecule has 0 fully saturated rings. The van der Waals surface area contributed by atoms with Crippen LogP contribution in [0.5, 0.6) is 17.2 Å². The molecule has 1 heterocycles. The van der Waals surface area contributed by atoms with Crippen LogP contribution < -0.4 is 5.43 Å². The van der Waals surface area contributed by atoms with E-state index in [-0.39, 0.29) is 23.4 Å². The number of aromatic hydroxyl groups is 3. The van der Waals surface area contributed by atoms with Crippen molar-refractivity contribution in [3.05, 3.63) is 52.7 Å². The molecule has 3 N–H and O–H groups in total. The molecule has 0 amide bonds. The lowest BCUT2D eigenvalue weighted by molar-refractivity contribution is 0.370. The van der Waals surface area contributed by atoms with Crippen molar-refractivity contribution >= 4 is 23.4 Å². The average Bonchev–Trinajstić information content (AvgIpc) is 2.45. The van der Waals surface area contributed by atoms with Gasteiger partial charge < -0.3 is 19.7 Å². The van der Waals surface area contributed by atoms with Gasteiger partial charge in [0, 0.05) is 17.7 Å². The number of phenolic OH excluding ortho intramolecular Hbond substituents is 3. The van der Waals surface area contributed by atoms with Crippen molar-refractivity contribution in [1.82, 2.24) is 0 Å². The van der Waals surface area contributed by atoms with Gasteiger partial charge in [-0.1, -0.05) is 30.3 Å². The van der Waals surface area contributed by atoms with Crippen LogP contribution in [-0.4, -0.2) is 15.3 Å². The molecule has 6 heteroatoms. The lowest BCUT2D eigenvalue weighted by Gasteiger charge is -2.06. The van der Waals surface area contributed by atoms with Gasteiger partial charge in [-0.15, -0.1) is 12.4 Å². The lowest BCUT2D eigenvalue weighted by Crippen LogP contribution is -2.00. The monoisotopic (exact) mass is 306 g/mol. The minimum Gasteiger partial charge on any atom is -0.504 e.